The number of hydrogen-bond acceptors (Lipinski definition) is 3. The molecule has 0 aliphatic carbocycles. The molecule has 3 amide bonds. The Morgan fingerprint density at radius 2 is 1.64 bits per heavy atom. The second-order valence-electron chi connectivity index (χ2n) is 6.17. The summed E-state index contributed by atoms with van der Waals surface area (Å²) in [5, 5.41) is 2.73. The van der Waals surface area contributed by atoms with Gasteiger partial charge in [-0.05, 0) is 23.8 Å². The van der Waals surface area contributed by atoms with Gasteiger partial charge in [0, 0.05) is 18.2 Å². The largest absolute Gasteiger partial charge is 0.438 e. The standard InChI is InChI=1S/C22H15ClN2O2S/c23-20-13-12-19(28-20)18-15-24-22(27)25(18,17-9-5-2-6-10-17)21(26)14-11-16-7-3-1-4-8-16/h1-15H/p+1. The van der Waals surface area contributed by atoms with Crippen molar-refractivity contribution in [2.45, 2.75) is 0 Å². The fourth-order valence-corrected chi connectivity index (χ4v) is 4.31. The number of thiophene rings is 1. The van der Waals surface area contributed by atoms with E-state index < -0.39 is 10.5 Å². The van der Waals surface area contributed by atoms with Crippen molar-refractivity contribution in [1.82, 2.24) is 9.80 Å². The summed E-state index contributed by atoms with van der Waals surface area (Å²) in [5.41, 5.74) is 2.00. The minimum absolute atomic E-state index is 0.360. The number of carbonyl (C=O) groups excluding carboxylic acids is 2. The molecule has 3 aromatic rings. The van der Waals surface area contributed by atoms with E-state index in [0.29, 0.717) is 15.7 Å². The average Bonchev–Trinajstić information content (AvgIpc) is 3.31. The van der Waals surface area contributed by atoms with Crippen molar-refractivity contribution >= 4 is 52.3 Å². The van der Waals surface area contributed by atoms with Gasteiger partial charge in [-0.3, -0.25) is 5.32 Å². The molecule has 1 aliphatic rings. The Balaban J connectivity index is 1.85. The molecule has 0 fully saturated rings. The maximum atomic E-state index is 13.5. The zero-order valence-corrected chi connectivity index (χ0v) is 16.3. The quantitative estimate of drug-likeness (QED) is 0.447. The highest BCUT2D eigenvalue weighted by Crippen LogP contribution is 2.41. The van der Waals surface area contributed by atoms with Gasteiger partial charge in [0.2, 0.25) is 0 Å². The third kappa shape index (κ3) is 3.10. The molecule has 0 bridgehead atoms. The van der Waals surface area contributed by atoms with Gasteiger partial charge in [0.05, 0.1) is 15.4 Å². The molecule has 6 heteroatoms. The lowest BCUT2D eigenvalue weighted by Crippen LogP contribution is -2.55. The number of rotatable bonds is 4. The van der Waals surface area contributed by atoms with E-state index in [9.17, 15) is 9.59 Å². The Morgan fingerprint density at radius 1 is 0.964 bits per heavy atom. The van der Waals surface area contributed by atoms with Crippen molar-refractivity contribution in [3.05, 3.63) is 99.8 Å². The Kier molecular flexibility index (Phi) is 4.96. The lowest BCUT2D eigenvalue weighted by Gasteiger charge is -2.27. The van der Waals surface area contributed by atoms with Gasteiger partial charge in [-0.15, -0.1) is 15.8 Å². The summed E-state index contributed by atoms with van der Waals surface area (Å²) in [6.45, 7) is 0. The van der Waals surface area contributed by atoms with Crippen LogP contribution in [0.2, 0.25) is 4.34 Å². The van der Waals surface area contributed by atoms with E-state index in [1.807, 2.05) is 54.6 Å². The monoisotopic (exact) mass is 407 g/mol. The Labute approximate surface area is 171 Å². The average molecular weight is 408 g/mol. The lowest BCUT2D eigenvalue weighted by molar-refractivity contribution is -0.120. The van der Waals surface area contributed by atoms with Crippen LogP contribution >= 0.6 is 22.9 Å². The van der Waals surface area contributed by atoms with Crippen LogP contribution in [0.4, 0.5) is 10.5 Å². The fourth-order valence-electron chi connectivity index (χ4n) is 3.22. The van der Waals surface area contributed by atoms with E-state index >= 15 is 0 Å². The van der Waals surface area contributed by atoms with Gasteiger partial charge in [0.15, 0.2) is 11.4 Å². The Bertz CT molecular complexity index is 1090. The van der Waals surface area contributed by atoms with Crippen LogP contribution in [-0.2, 0) is 4.79 Å². The molecule has 0 saturated heterocycles. The molecule has 4 nitrogen and oxygen atoms in total. The Morgan fingerprint density at radius 3 is 2.29 bits per heavy atom. The SMILES string of the molecule is O=C(C=Cc1ccccc1)[N+]1(c2ccccc2)C(=O)NC=C1c1ccc(Cl)s1. The van der Waals surface area contributed by atoms with Crippen LogP contribution in [0.1, 0.15) is 10.4 Å². The number of nitrogens with zero attached hydrogens (tertiary/aromatic N) is 1. The molecule has 2 heterocycles. The molecule has 4 rings (SSSR count). The van der Waals surface area contributed by atoms with Crippen LogP contribution in [0.25, 0.3) is 11.8 Å². The van der Waals surface area contributed by atoms with Crippen molar-refractivity contribution in [2.75, 3.05) is 0 Å². The molecule has 138 valence electrons. The summed E-state index contributed by atoms with van der Waals surface area (Å²) in [6, 6.07) is 21.7. The summed E-state index contributed by atoms with van der Waals surface area (Å²) in [7, 11) is 0. The molecule has 1 atom stereocenters. The first-order chi connectivity index (χ1) is 13.6. The molecule has 1 unspecified atom stereocenters. The molecule has 2 aromatic carbocycles. The minimum atomic E-state index is -0.568. The molecular formula is C22H16ClN2O2S+. The number of benzene rings is 2. The van der Waals surface area contributed by atoms with E-state index in [2.05, 4.69) is 5.32 Å². The number of para-hydroxylation sites is 1. The smallest absolute Gasteiger partial charge is 0.275 e. The number of urea groups is 1. The van der Waals surface area contributed by atoms with Crippen LogP contribution in [0, 0.1) is 0 Å². The highest BCUT2D eigenvalue weighted by molar-refractivity contribution is 7.17. The van der Waals surface area contributed by atoms with E-state index in [1.54, 1.807) is 30.5 Å². The summed E-state index contributed by atoms with van der Waals surface area (Å²) in [6.07, 6.45) is 4.76. The first-order valence-electron chi connectivity index (χ1n) is 8.62. The minimum Gasteiger partial charge on any atom is -0.275 e. The maximum absolute atomic E-state index is 13.5. The number of amides is 3. The van der Waals surface area contributed by atoms with Gasteiger partial charge in [-0.25, -0.2) is 9.59 Å². The number of halogens is 1. The van der Waals surface area contributed by atoms with E-state index in [4.69, 9.17) is 11.6 Å². The maximum Gasteiger partial charge on any atom is 0.438 e. The third-order valence-corrected chi connectivity index (χ3v) is 5.77. The number of imide groups is 1. The summed E-state index contributed by atoms with van der Waals surface area (Å²) in [4.78, 5) is 27.3. The normalized spacial score (nSPS) is 18.9. The lowest BCUT2D eigenvalue weighted by atomic mass is 10.1. The van der Waals surface area contributed by atoms with E-state index in [0.717, 1.165) is 10.4 Å². The van der Waals surface area contributed by atoms with Crippen molar-refractivity contribution in [1.29, 1.82) is 0 Å². The van der Waals surface area contributed by atoms with Gasteiger partial charge in [0.25, 0.3) is 0 Å². The first-order valence-corrected chi connectivity index (χ1v) is 9.81. The highest BCUT2D eigenvalue weighted by Gasteiger charge is 2.54. The molecule has 1 aliphatic heterocycles. The molecule has 0 saturated carbocycles. The van der Waals surface area contributed by atoms with E-state index in [-0.39, 0.29) is 5.91 Å². The molecule has 28 heavy (non-hydrogen) atoms. The number of hydrogen-bond donors (Lipinski definition) is 1. The number of quaternary nitrogens is 1. The number of nitrogens with one attached hydrogen (secondary N) is 1. The van der Waals surface area contributed by atoms with Gasteiger partial charge in [0.1, 0.15) is 0 Å². The third-order valence-electron chi connectivity index (χ3n) is 4.52. The van der Waals surface area contributed by atoms with Crippen molar-refractivity contribution < 1.29 is 9.59 Å². The second-order valence-corrected chi connectivity index (χ2v) is 7.89. The van der Waals surface area contributed by atoms with Crippen LogP contribution in [0.3, 0.4) is 0 Å². The van der Waals surface area contributed by atoms with Crippen molar-refractivity contribution in [3.63, 3.8) is 0 Å². The predicted molar refractivity (Wildman–Crippen MR) is 115 cm³/mol. The van der Waals surface area contributed by atoms with E-state index in [1.165, 1.54) is 17.4 Å². The topological polar surface area (TPSA) is 46.2 Å². The van der Waals surface area contributed by atoms with Crippen molar-refractivity contribution in [3.8, 4) is 0 Å². The van der Waals surface area contributed by atoms with Gasteiger partial charge < -0.3 is 0 Å². The zero-order chi connectivity index (χ0) is 19.6. The van der Waals surface area contributed by atoms with Gasteiger partial charge in [-0.1, -0.05) is 60.1 Å². The van der Waals surface area contributed by atoms with Gasteiger partial charge in [-0.2, -0.15) is 0 Å². The van der Waals surface area contributed by atoms with Gasteiger partial charge >= 0.3 is 11.9 Å². The summed E-state index contributed by atoms with van der Waals surface area (Å²) >= 11 is 7.44. The van der Waals surface area contributed by atoms with Crippen LogP contribution in [0.15, 0.2) is 85.1 Å². The fraction of sp³-hybridized carbons (Fsp3) is 0. The van der Waals surface area contributed by atoms with Crippen LogP contribution in [-0.4, -0.2) is 11.9 Å². The number of carbonyl (C=O) groups is 2. The summed E-state index contributed by atoms with van der Waals surface area (Å²) < 4.78 is 0.0229. The Hall–Kier alpha value is -2.99. The first kappa shape index (κ1) is 18.4. The molecule has 1 aromatic heterocycles. The van der Waals surface area contributed by atoms with Crippen LogP contribution < -0.4 is 9.80 Å². The van der Waals surface area contributed by atoms with Crippen molar-refractivity contribution in [2.24, 2.45) is 0 Å². The molecule has 0 radical (unpaired) electrons. The molecule has 0 spiro atoms. The molecular weight excluding hydrogens is 392 g/mol. The highest BCUT2D eigenvalue weighted by atomic mass is 35.5. The zero-order valence-electron chi connectivity index (χ0n) is 14.7. The second kappa shape index (κ2) is 7.56. The van der Waals surface area contributed by atoms with Crippen LogP contribution in [0.5, 0.6) is 0 Å². The summed E-state index contributed by atoms with van der Waals surface area (Å²) in [5.74, 6) is -0.360. The molecule has 1 N–H and O–H groups in total. The predicted octanol–water partition coefficient (Wildman–Crippen LogP) is 5.67.